The van der Waals surface area contributed by atoms with Gasteiger partial charge in [-0.3, -0.25) is 4.79 Å². The van der Waals surface area contributed by atoms with E-state index in [4.69, 9.17) is 0 Å². The van der Waals surface area contributed by atoms with Crippen molar-refractivity contribution in [2.45, 2.75) is 25.1 Å². The summed E-state index contributed by atoms with van der Waals surface area (Å²) in [5.41, 5.74) is -0.751. The summed E-state index contributed by atoms with van der Waals surface area (Å²) in [7, 11) is 0. The number of amides is 1. The van der Waals surface area contributed by atoms with E-state index in [9.17, 15) is 18.0 Å². The Kier molecular flexibility index (Phi) is 3.56. The van der Waals surface area contributed by atoms with Crippen LogP contribution in [0.2, 0.25) is 0 Å². The fourth-order valence-electron chi connectivity index (χ4n) is 1.84. The van der Waals surface area contributed by atoms with Crippen LogP contribution in [-0.4, -0.2) is 18.5 Å². The molecule has 1 saturated heterocycles. The van der Waals surface area contributed by atoms with Crippen molar-refractivity contribution in [1.29, 1.82) is 0 Å². The van der Waals surface area contributed by atoms with Crippen LogP contribution in [0.3, 0.4) is 0 Å². The van der Waals surface area contributed by atoms with Gasteiger partial charge in [0.1, 0.15) is 0 Å². The quantitative estimate of drug-likeness (QED) is 0.852. The SMILES string of the molecule is O=C(Nc1[c]ccc(C(F)(F)F)c1)C1CCCN1. The molecule has 0 spiro atoms. The molecule has 6 heteroatoms. The highest BCUT2D eigenvalue weighted by molar-refractivity contribution is 5.94. The lowest BCUT2D eigenvalue weighted by atomic mass is 10.1. The van der Waals surface area contributed by atoms with E-state index in [1.165, 1.54) is 0 Å². The maximum absolute atomic E-state index is 12.5. The lowest BCUT2D eigenvalue weighted by Crippen LogP contribution is -2.35. The normalized spacial score (nSPS) is 19.8. The zero-order valence-corrected chi connectivity index (χ0v) is 9.47. The molecule has 1 atom stereocenters. The first-order valence-electron chi connectivity index (χ1n) is 5.60. The summed E-state index contributed by atoms with van der Waals surface area (Å²) in [5.74, 6) is -0.317. The number of carbonyl (C=O) groups excluding carboxylic acids is 1. The van der Waals surface area contributed by atoms with Gasteiger partial charge in [-0.1, -0.05) is 6.07 Å². The summed E-state index contributed by atoms with van der Waals surface area (Å²) >= 11 is 0. The summed E-state index contributed by atoms with van der Waals surface area (Å²) in [6, 6.07) is 5.20. The average Bonchev–Trinajstić information content (AvgIpc) is 2.81. The summed E-state index contributed by atoms with van der Waals surface area (Å²) in [6.45, 7) is 0.754. The minimum absolute atomic E-state index is 0.0449. The lowest BCUT2D eigenvalue weighted by Gasteiger charge is -2.12. The first kappa shape index (κ1) is 12.9. The number of hydrogen-bond donors (Lipinski definition) is 2. The first-order chi connectivity index (χ1) is 8.47. The summed E-state index contributed by atoms with van der Waals surface area (Å²) in [6.07, 6.45) is -2.82. The number of alkyl halides is 3. The van der Waals surface area contributed by atoms with Crippen molar-refractivity contribution in [1.82, 2.24) is 5.32 Å². The van der Waals surface area contributed by atoms with Crippen LogP contribution in [0.5, 0.6) is 0 Å². The molecule has 2 rings (SSSR count). The third-order valence-corrected chi connectivity index (χ3v) is 2.76. The Labute approximate surface area is 102 Å². The van der Waals surface area contributed by atoms with E-state index in [1.807, 2.05) is 0 Å². The second-order valence-electron chi connectivity index (χ2n) is 4.13. The van der Waals surface area contributed by atoms with Crippen LogP contribution in [0.4, 0.5) is 18.9 Å². The van der Waals surface area contributed by atoms with Gasteiger partial charge >= 0.3 is 6.18 Å². The van der Waals surface area contributed by atoms with Crippen molar-refractivity contribution in [3.05, 3.63) is 29.8 Å². The number of anilines is 1. The van der Waals surface area contributed by atoms with Gasteiger partial charge in [-0.25, -0.2) is 0 Å². The van der Waals surface area contributed by atoms with E-state index in [2.05, 4.69) is 16.7 Å². The number of halogens is 3. The number of benzene rings is 1. The highest BCUT2D eigenvalue weighted by Crippen LogP contribution is 2.30. The molecule has 1 fully saturated rings. The fourth-order valence-corrected chi connectivity index (χ4v) is 1.84. The van der Waals surface area contributed by atoms with Crippen molar-refractivity contribution >= 4 is 11.6 Å². The van der Waals surface area contributed by atoms with Crippen molar-refractivity contribution in [3.63, 3.8) is 0 Å². The molecule has 0 bridgehead atoms. The van der Waals surface area contributed by atoms with E-state index in [0.29, 0.717) is 6.42 Å². The van der Waals surface area contributed by atoms with Gasteiger partial charge in [0.05, 0.1) is 11.6 Å². The maximum Gasteiger partial charge on any atom is 0.416 e. The van der Waals surface area contributed by atoms with Crippen LogP contribution < -0.4 is 10.6 Å². The molecule has 1 amide bonds. The third-order valence-electron chi connectivity index (χ3n) is 2.76. The zero-order valence-electron chi connectivity index (χ0n) is 9.47. The second-order valence-corrected chi connectivity index (χ2v) is 4.13. The molecular weight excluding hydrogens is 245 g/mol. The highest BCUT2D eigenvalue weighted by Gasteiger charge is 2.30. The molecule has 1 radical (unpaired) electrons. The number of nitrogens with one attached hydrogen (secondary N) is 2. The van der Waals surface area contributed by atoms with Crippen molar-refractivity contribution in [2.75, 3.05) is 11.9 Å². The first-order valence-corrected chi connectivity index (χ1v) is 5.60. The van der Waals surface area contributed by atoms with E-state index in [1.54, 1.807) is 0 Å². The topological polar surface area (TPSA) is 41.1 Å². The second kappa shape index (κ2) is 4.97. The van der Waals surface area contributed by atoms with Gasteiger partial charge in [-0.05, 0) is 31.5 Å². The molecule has 0 aromatic heterocycles. The van der Waals surface area contributed by atoms with Crippen LogP contribution in [0.1, 0.15) is 18.4 Å². The Hall–Kier alpha value is -1.56. The van der Waals surface area contributed by atoms with Crippen molar-refractivity contribution in [3.8, 4) is 0 Å². The van der Waals surface area contributed by atoms with Gasteiger partial charge in [0.25, 0.3) is 0 Å². The van der Waals surface area contributed by atoms with Crippen LogP contribution in [0.15, 0.2) is 18.2 Å². The highest BCUT2D eigenvalue weighted by atomic mass is 19.4. The predicted molar refractivity (Wildman–Crippen MR) is 59.9 cm³/mol. The number of carbonyl (C=O) groups is 1. The van der Waals surface area contributed by atoms with Crippen LogP contribution in [-0.2, 0) is 11.0 Å². The van der Waals surface area contributed by atoms with Crippen molar-refractivity contribution in [2.24, 2.45) is 0 Å². The molecule has 0 aliphatic carbocycles. The molecule has 0 saturated carbocycles. The number of rotatable bonds is 2. The van der Waals surface area contributed by atoms with E-state index in [0.717, 1.165) is 31.2 Å². The van der Waals surface area contributed by atoms with Gasteiger partial charge in [0.2, 0.25) is 5.91 Å². The van der Waals surface area contributed by atoms with Crippen molar-refractivity contribution < 1.29 is 18.0 Å². The predicted octanol–water partition coefficient (Wildman–Crippen LogP) is 2.20. The molecule has 1 aliphatic rings. The van der Waals surface area contributed by atoms with E-state index >= 15 is 0 Å². The standard InChI is InChI=1S/C12H12F3N2O/c13-12(14,15)8-3-1-4-9(7-8)17-11(18)10-5-2-6-16-10/h1,3,7,10,16H,2,5-6H2,(H,17,18). The molecule has 18 heavy (non-hydrogen) atoms. The molecule has 1 aromatic carbocycles. The minimum Gasteiger partial charge on any atom is -0.324 e. The van der Waals surface area contributed by atoms with Gasteiger partial charge < -0.3 is 10.6 Å². The summed E-state index contributed by atoms with van der Waals surface area (Å²) < 4.78 is 37.4. The molecule has 3 nitrogen and oxygen atoms in total. The molecule has 1 unspecified atom stereocenters. The number of hydrogen-bond acceptors (Lipinski definition) is 2. The van der Waals surface area contributed by atoms with Gasteiger partial charge in [-0.15, -0.1) is 0 Å². The third kappa shape index (κ3) is 3.01. The smallest absolute Gasteiger partial charge is 0.324 e. The van der Waals surface area contributed by atoms with E-state index < -0.39 is 11.7 Å². The summed E-state index contributed by atoms with van der Waals surface area (Å²) in [5, 5.41) is 5.41. The molecular formula is C12H12F3N2O. The Balaban J connectivity index is 2.07. The van der Waals surface area contributed by atoms with Gasteiger partial charge in [-0.2, -0.15) is 13.2 Å². The minimum atomic E-state index is -4.42. The Morgan fingerprint density at radius 2 is 2.28 bits per heavy atom. The molecule has 1 aromatic rings. The van der Waals surface area contributed by atoms with Crippen LogP contribution in [0.25, 0.3) is 0 Å². The van der Waals surface area contributed by atoms with Crippen LogP contribution in [0, 0.1) is 6.07 Å². The van der Waals surface area contributed by atoms with Gasteiger partial charge in [0.15, 0.2) is 0 Å². The Morgan fingerprint density at radius 1 is 1.50 bits per heavy atom. The molecule has 1 aliphatic heterocycles. The fraction of sp³-hybridized carbons (Fsp3) is 0.417. The Morgan fingerprint density at radius 3 is 2.89 bits per heavy atom. The van der Waals surface area contributed by atoms with E-state index in [-0.39, 0.29) is 17.6 Å². The maximum atomic E-state index is 12.5. The monoisotopic (exact) mass is 257 g/mol. The molecule has 2 N–H and O–H groups in total. The lowest BCUT2D eigenvalue weighted by molar-refractivity contribution is -0.137. The van der Waals surface area contributed by atoms with Gasteiger partial charge in [0, 0.05) is 11.8 Å². The average molecular weight is 257 g/mol. The van der Waals surface area contributed by atoms with Crippen LogP contribution >= 0.6 is 0 Å². The Bertz CT molecular complexity index is 439. The largest absolute Gasteiger partial charge is 0.416 e. The summed E-state index contributed by atoms with van der Waals surface area (Å²) in [4.78, 5) is 11.7. The zero-order chi connectivity index (χ0) is 13.2. The molecule has 1 heterocycles. The molecule has 97 valence electrons.